The van der Waals surface area contributed by atoms with Gasteiger partial charge in [-0.1, -0.05) is 18.5 Å². The zero-order chi connectivity index (χ0) is 14.9. The summed E-state index contributed by atoms with van der Waals surface area (Å²) >= 11 is 12.0. The van der Waals surface area contributed by atoms with Gasteiger partial charge in [-0.05, 0) is 24.5 Å². The predicted molar refractivity (Wildman–Crippen MR) is 77.4 cm³/mol. The molecule has 5 nitrogen and oxygen atoms in total. The molecule has 0 bridgehead atoms. The van der Waals surface area contributed by atoms with Crippen LogP contribution in [0, 0.1) is 16.0 Å². The van der Waals surface area contributed by atoms with Crippen LogP contribution in [-0.4, -0.2) is 34.2 Å². The maximum absolute atomic E-state index is 12.4. The largest absolute Gasteiger partial charge is 0.337 e. The SMILES string of the molecule is CC1CCN(C(=O)c2cc(Cl)ccc2[N+](=O)[O-])CC1Cl. The van der Waals surface area contributed by atoms with Crippen molar-refractivity contribution in [1.82, 2.24) is 4.90 Å². The van der Waals surface area contributed by atoms with E-state index in [0.29, 0.717) is 24.0 Å². The maximum Gasteiger partial charge on any atom is 0.282 e. The predicted octanol–water partition coefficient (Wildman–Crippen LogP) is 3.34. The molecule has 1 aliphatic rings. The number of nitro groups is 1. The smallest absolute Gasteiger partial charge is 0.282 e. The first-order valence-corrected chi connectivity index (χ1v) is 7.09. The number of hydrogen-bond acceptors (Lipinski definition) is 3. The van der Waals surface area contributed by atoms with Crippen LogP contribution in [0.5, 0.6) is 0 Å². The van der Waals surface area contributed by atoms with E-state index in [2.05, 4.69) is 0 Å². The molecule has 1 fully saturated rings. The first-order valence-electron chi connectivity index (χ1n) is 6.27. The van der Waals surface area contributed by atoms with Crippen LogP contribution in [0.15, 0.2) is 18.2 Å². The summed E-state index contributed by atoms with van der Waals surface area (Å²) < 4.78 is 0. The minimum atomic E-state index is -0.575. The molecule has 20 heavy (non-hydrogen) atoms. The lowest BCUT2D eigenvalue weighted by atomic mass is 9.98. The number of likely N-dealkylation sites (tertiary alicyclic amines) is 1. The molecule has 1 saturated heterocycles. The Hall–Kier alpha value is -1.33. The van der Waals surface area contributed by atoms with Crippen LogP contribution in [0.4, 0.5) is 5.69 Å². The van der Waals surface area contributed by atoms with E-state index in [9.17, 15) is 14.9 Å². The lowest BCUT2D eigenvalue weighted by Crippen LogP contribution is -2.43. The third-order valence-corrected chi connectivity index (χ3v) is 4.34. The molecule has 1 aromatic carbocycles. The van der Waals surface area contributed by atoms with E-state index in [1.54, 1.807) is 4.90 Å². The van der Waals surface area contributed by atoms with Gasteiger partial charge in [0, 0.05) is 24.2 Å². The Morgan fingerprint density at radius 2 is 2.20 bits per heavy atom. The Labute approximate surface area is 126 Å². The number of carbonyl (C=O) groups is 1. The molecule has 0 spiro atoms. The summed E-state index contributed by atoms with van der Waals surface area (Å²) in [7, 11) is 0. The monoisotopic (exact) mass is 316 g/mol. The summed E-state index contributed by atoms with van der Waals surface area (Å²) in [6.07, 6.45) is 0.786. The van der Waals surface area contributed by atoms with Crippen LogP contribution in [0.1, 0.15) is 23.7 Å². The zero-order valence-corrected chi connectivity index (χ0v) is 12.4. The maximum atomic E-state index is 12.4. The van der Waals surface area contributed by atoms with Gasteiger partial charge in [-0.2, -0.15) is 0 Å². The molecule has 1 heterocycles. The highest BCUT2D eigenvalue weighted by molar-refractivity contribution is 6.31. The molecule has 1 amide bonds. The van der Waals surface area contributed by atoms with Crippen molar-refractivity contribution in [2.75, 3.05) is 13.1 Å². The molecule has 0 radical (unpaired) electrons. The fourth-order valence-corrected chi connectivity index (χ4v) is 2.68. The quantitative estimate of drug-likeness (QED) is 0.477. The van der Waals surface area contributed by atoms with Crippen LogP contribution < -0.4 is 0 Å². The lowest BCUT2D eigenvalue weighted by Gasteiger charge is -2.33. The number of hydrogen-bond donors (Lipinski definition) is 0. The van der Waals surface area contributed by atoms with Gasteiger partial charge in [0.1, 0.15) is 5.56 Å². The Balaban J connectivity index is 2.29. The van der Waals surface area contributed by atoms with Gasteiger partial charge in [0.05, 0.1) is 10.3 Å². The second-order valence-electron chi connectivity index (χ2n) is 4.95. The van der Waals surface area contributed by atoms with Crippen molar-refractivity contribution < 1.29 is 9.72 Å². The summed E-state index contributed by atoms with van der Waals surface area (Å²) in [6.45, 7) is 2.97. The van der Waals surface area contributed by atoms with Crippen LogP contribution in [0.25, 0.3) is 0 Å². The second-order valence-corrected chi connectivity index (χ2v) is 5.95. The molecule has 1 aromatic rings. The molecule has 0 saturated carbocycles. The average Bonchev–Trinajstić information content (AvgIpc) is 2.40. The number of nitro benzene ring substituents is 1. The molecular formula is C13H14Cl2N2O3. The van der Waals surface area contributed by atoms with Gasteiger partial charge in [-0.15, -0.1) is 11.6 Å². The van der Waals surface area contributed by atoms with Crippen LogP contribution in [-0.2, 0) is 0 Å². The number of halogens is 2. The minimum Gasteiger partial charge on any atom is -0.337 e. The van der Waals surface area contributed by atoms with Gasteiger partial charge in [-0.3, -0.25) is 14.9 Å². The van der Waals surface area contributed by atoms with E-state index in [-0.39, 0.29) is 16.6 Å². The Kier molecular flexibility index (Phi) is 4.50. The van der Waals surface area contributed by atoms with Crippen LogP contribution >= 0.6 is 23.2 Å². The average molecular weight is 317 g/mol. The number of alkyl halides is 1. The highest BCUT2D eigenvalue weighted by atomic mass is 35.5. The number of rotatable bonds is 2. The number of benzene rings is 1. The summed E-state index contributed by atoms with van der Waals surface area (Å²) in [6, 6.07) is 3.99. The first kappa shape index (κ1) is 15.1. The summed E-state index contributed by atoms with van der Waals surface area (Å²) in [5.41, 5.74) is -0.218. The normalized spacial score (nSPS) is 22.6. The highest BCUT2D eigenvalue weighted by Gasteiger charge is 2.31. The molecule has 7 heteroatoms. The van der Waals surface area contributed by atoms with E-state index in [0.717, 1.165) is 6.42 Å². The van der Waals surface area contributed by atoms with Gasteiger partial charge in [0.25, 0.3) is 11.6 Å². The van der Waals surface area contributed by atoms with Crippen molar-refractivity contribution in [2.24, 2.45) is 5.92 Å². The van der Waals surface area contributed by atoms with Gasteiger partial charge in [-0.25, -0.2) is 0 Å². The molecular weight excluding hydrogens is 303 g/mol. The Morgan fingerprint density at radius 1 is 1.50 bits per heavy atom. The van der Waals surface area contributed by atoms with Crippen molar-refractivity contribution >= 4 is 34.8 Å². The van der Waals surface area contributed by atoms with E-state index in [4.69, 9.17) is 23.2 Å². The molecule has 0 N–H and O–H groups in total. The topological polar surface area (TPSA) is 63.5 Å². The van der Waals surface area contributed by atoms with Gasteiger partial charge < -0.3 is 4.90 Å². The van der Waals surface area contributed by atoms with Gasteiger partial charge in [0.2, 0.25) is 0 Å². The molecule has 2 rings (SSSR count). The highest BCUT2D eigenvalue weighted by Crippen LogP contribution is 2.27. The molecule has 108 valence electrons. The molecule has 0 aliphatic carbocycles. The fraction of sp³-hybridized carbons (Fsp3) is 0.462. The van der Waals surface area contributed by atoms with Crippen molar-refractivity contribution in [1.29, 1.82) is 0 Å². The second kappa shape index (κ2) is 5.97. The minimum absolute atomic E-state index is 0.0147. The van der Waals surface area contributed by atoms with E-state index < -0.39 is 10.8 Å². The molecule has 2 unspecified atom stereocenters. The van der Waals surface area contributed by atoms with E-state index >= 15 is 0 Å². The van der Waals surface area contributed by atoms with Crippen molar-refractivity contribution in [3.05, 3.63) is 38.9 Å². The Morgan fingerprint density at radius 3 is 2.80 bits per heavy atom. The molecule has 0 aromatic heterocycles. The number of amides is 1. The summed E-state index contributed by atoms with van der Waals surface area (Å²) in [5.74, 6) is -0.0631. The molecule has 2 atom stereocenters. The third-order valence-electron chi connectivity index (χ3n) is 3.54. The van der Waals surface area contributed by atoms with Gasteiger partial charge >= 0.3 is 0 Å². The first-order chi connectivity index (χ1) is 9.40. The molecule has 1 aliphatic heterocycles. The third kappa shape index (κ3) is 3.04. The Bertz CT molecular complexity index is 550. The van der Waals surface area contributed by atoms with Crippen LogP contribution in [0.3, 0.4) is 0 Å². The standard InChI is InChI=1S/C13H14Cl2N2O3/c1-8-4-5-16(7-11(8)15)13(18)10-6-9(14)2-3-12(10)17(19)20/h2-3,6,8,11H,4-5,7H2,1H3. The summed E-state index contributed by atoms with van der Waals surface area (Å²) in [4.78, 5) is 24.4. The van der Waals surface area contributed by atoms with Crippen molar-refractivity contribution in [3.8, 4) is 0 Å². The van der Waals surface area contributed by atoms with Crippen LogP contribution in [0.2, 0.25) is 5.02 Å². The van der Waals surface area contributed by atoms with Gasteiger partial charge in [0.15, 0.2) is 0 Å². The fourth-order valence-electron chi connectivity index (χ4n) is 2.22. The van der Waals surface area contributed by atoms with Crippen molar-refractivity contribution in [3.63, 3.8) is 0 Å². The van der Waals surface area contributed by atoms with E-state index in [1.807, 2.05) is 6.92 Å². The van der Waals surface area contributed by atoms with Crippen molar-refractivity contribution in [2.45, 2.75) is 18.7 Å². The zero-order valence-electron chi connectivity index (χ0n) is 10.9. The number of carbonyl (C=O) groups excluding carboxylic acids is 1. The van der Waals surface area contributed by atoms with E-state index in [1.165, 1.54) is 18.2 Å². The number of piperidine rings is 1. The number of nitrogens with zero attached hydrogens (tertiary/aromatic N) is 2. The lowest BCUT2D eigenvalue weighted by molar-refractivity contribution is -0.385. The summed E-state index contributed by atoms with van der Waals surface area (Å²) in [5, 5.41) is 11.2.